The zero-order valence-corrected chi connectivity index (χ0v) is 9.05. The molecule has 0 fully saturated rings. The summed E-state index contributed by atoms with van der Waals surface area (Å²) in [5, 5.41) is 0. The topological polar surface area (TPSA) is 18.5 Å². The third-order valence-electron chi connectivity index (χ3n) is 2.24. The summed E-state index contributed by atoms with van der Waals surface area (Å²) in [6.45, 7) is 0. The molecule has 8 heteroatoms. The van der Waals surface area contributed by atoms with Gasteiger partial charge >= 0.3 is 12.5 Å². The monoisotopic (exact) mass is 284 g/mol. The quantitative estimate of drug-likeness (QED) is 0.728. The zero-order chi connectivity index (χ0) is 14.3. The first-order valence-corrected chi connectivity index (χ1v) is 4.96. The van der Waals surface area contributed by atoms with Gasteiger partial charge in [0, 0.05) is 5.56 Å². The van der Waals surface area contributed by atoms with Crippen molar-refractivity contribution in [3.8, 4) is 11.5 Å². The summed E-state index contributed by atoms with van der Waals surface area (Å²) in [6.07, 6.45) is -9.77. The van der Waals surface area contributed by atoms with E-state index in [1.807, 2.05) is 0 Å². The molecular weight excluding hydrogens is 278 g/mol. The molecule has 104 valence electrons. The predicted octanol–water partition coefficient (Wildman–Crippen LogP) is 3.92. The molecule has 0 saturated carbocycles. The highest BCUT2D eigenvalue weighted by Gasteiger charge is 2.41. The molecule has 0 aliphatic carbocycles. The molecular formula is C11H6F6O2. The molecule has 0 spiro atoms. The van der Waals surface area contributed by atoms with Crippen LogP contribution in [0.4, 0.5) is 26.3 Å². The van der Waals surface area contributed by atoms with E-state index in [1.54, 1.807) is 0 Å². The minimum Gasteiger partial charge on any atom is -0.476 e. The van der Waals surface area contributed by atoms with E-state index in [4.69, 9.17) is 0 Å². The van der Waals surface area contributed by atoms with Crippen LogP contribution in [0.3, 0.4) is 0 Å². The molecule has 1 aromatic carbocycles. The molecule has 19 heavy (non-hydrogen) atoms. The van der Waals surface area contributed by atoms with Gasteiger partial charge in [-0.05, 0) is 24.3 Å². The second-order valence-electron chi connectivity index (χ2n) is 3.69. The number of hydrogen-bond donors (Lipinski definition) is 0. The standard InChI is InChI=1S/C11H6F6O2/c12-10(13,14)9-4-1-6-5-7(19-11(15,16)17)2-3-8(6)18-9/h1-5,9H/t9-/m0/s1. The van der Waals surface area contributed by atoms with Gasteiger partial charge in [-0.3, -0.25) is 0 Å². The molecule has 0 N–H and O–H groups in total. The molecule has 1 aliphatic rings. The van der Waals surface area contributed by atoms with Crippen LogP contribution in [0.1, 0.15) is 5.56 Å². The Morgan fingerprint density at radius 1 is 1.05 bits per heavy atom. The summed E-state index contributed by atoms with van der Waals surface area (Å²) in [5.74, 6) is -0.677. The molecule has 1 atom stereocenters. The lowest BCUT2D eigenvalue weighted by molar-refractivity contribution is -0.274. The van der Waals surface area contributed by atoms with E-state index in [1.165, 1.54) is 0 Å². The van der Waals surface area contributed by atoms with Gasteiger partial charge in [-0.25, -0.2) is 0 Å². The average Bonchev–Trinajstić information content (AvgIpc) is 2.24. The van der Waals surface area contributed by atoms with Gasteiger partial charge in [0.2, 0.25) is 6.10 Å². The molecule has 0 amide bonds. The van der Waals surface area contributed by atoms with Crippen molar-refractivity contribution in [2.45, 2.75) is 18.6 Å². The fourth-order valence-corrected chi connectivity index (χ4v) is 1.50. The van der Waals surface area contributed by atoms with Gasteiger partial charge < -0.3 is 9.47 Å². The molecule has 2 rings (SSSR count). The summed E-state index contributed by atoms with van der Waals surface area (Å²) in [4.78, 5) is 0. The van der Waals surface area contributed by atoms with Gasteiger partial charge in [-0.2, -0.15) is 13.2 Å². The maximum absolute atomic E-state index is 12.4. The van der Waals surface area contributed by atoms with Gasteiger partial charge in [0.1, 0.15) is 11.5 Å². The van der Waals surface area contributed by atoms with Crippen LogP contribution in [0, 0.1) is 0 Å². The summed E-state index contributed by atoms with van der Waals surface area (Å²) >= 11 is 0. The summed E-state index contributed by atoms with van der Waals surface area (Å²) < 4.78 is 81.4. The minimum absolute atomic E-state index is 0.0854. The molecule has 1 heterocycles. The smallest absolute Gasteiger partial charge is 0.476 e. The molecule has 0 saturated heterocycles. The fourth-order valence-electron chi connectivity index (χ4n) is 1.50. The highest BCUT2D eigenvalue weighted by atomic mass is 19.4. The van der Waals surface area contributed by atoms with E-state index in [0.29, 0.717) is 0 Å². The first-order valence-electron chi connectivity index (χ1n) is 4.96. The van der Waals surface area contributed by atoms with E-state index in [0.717, 1.165) is 30.4 Å². The van der Waals surface area contributed by atoms with Crippen LogP contribution >= 0.6 is 0 Å². The van der Waals surface area contributed by atoms with Gasteiger partial charge in [-0.1, -0.05) is 6.08 Å². The molecule has 0 radical (unpaired) electrons. The van der Waals surface area contributed by atoms with E-state index in [9.17, 15) is 26.3 Å². The highest BCUT2D eigenvalue weighted by molar-refractivity contribution is 5.62. The highest BCUT2D eigenvalue weighted by Crippen LogP contribution is 2.35. The van der Waals surface area contributed by atoms with Crippen molar-refractivity contribution >= 4 is 6.08 Å². The molecule has 1 aromatic rings. The molecule has 0 aromatic heterocycles. The normalized spacial score (nSPS) is 18.7. The number of ether oxygens (including phenoxy) is 2. The predicted molar refractivity (Wildman–Crippen MR) is 52.6 cm³/mol. The van der Waals surface area contributed by atoms with E-state index < -0.39 is 24.4 Å². The van der Waals surface area contributed by atoms with E-state index in [2.05, 4.69) is 9.47 Å². The second kappa shape index (κ2) is 4.36. The number of rotatable bonds is 1. The maximum atomic E-state index is 12.4. The number of halogens is 6. The Labute approximate surface area is 103 Å². The molecule has 0 bridgehead atoms. The zero-order valence-electron chi connectivity index (χ0n) is 9.05. The maximum Gasteiger partial charge on any atom is 0.573 e. The number of hydrogen-bond acceptors (Lipinski definition) is 2. The molecule has 1 aliphatic heterocycles. The van der Waals surface area contributed by atoms with Crippen LogP contribution in [0.25, 0.3) is 6.08 Å². The summed E-state index contributed by atoms with van der Waals surface area (Å²) in [6, 6.07) is 2.84. The van der Waals surface area contributed by atoms with Crippen molar-refractivity contribution in [3.63, 3.8) is 0 Å². The van der Waals surface area contributed by atoms with Crippen molar-refractivity contribution < 1.29 is 35.8 Å². The van der Waals surface area contributed by atoms with Crippen molar-refractivity contribution in [2.24, 2.45) is 0 Å². The fraction of sp³-hybridized carbons (Fsp3) is 0.273. The Bertz CT molecular complexity index is 503. The summed E-state index contributed by atoms with van der Waals surface area (Å²) in [7, 11) is 0. The molecule has 0 unspecified atom stereocenters. The van der Waals surface area contributed by atoms with Gasteiger partial charge in [-0.15, -0.1) is 13.2 Å². The van der Waals surface area contributed by atoms with E-state index in [-0.39, 0.29) is 11.3 Å². The number of fused-ring (bicyclic) bond motifs is 1. The summed E-state index contributed by atoms with van der Waals surface area (Å²) in [5.41, 5.74) is 0.0854. The van der Waals surface area contributed by atoms with Crippen LogP contribution < -0.4 is 9.47 Å². The van der Waals surface area contributed by atoms with Crippen LogP contribution in [-0.4, -0.2) is 18.6 Å². The minimum atomic E-state index is -4.86. The third-order valence-corrected chi connectivity index (χ3v) is 2.24. The average molecular weight is 284 g/mol. The van der Waals surface area contributed by atoms with Gasteiger partial charge in [0.15, 0.2) is 0 Å². The third kappa shape index (κ3) is 3.33. The van der Waals surface area contributed by atoms with Gasteiger partial charge in [0.25, 0.3) is 0 Å². The van der Waals surface area contributed by atoms with Crippen molar-refractivity contribution in [2.75, 3.05) is 0 Å². The Hall–Kier alpha value is -1.86. The van der Waals surface area contributed by atoms with Crippen LogP contribution in [0.2, 0.25) is 0 Å². The second-order valence-corrected chi connectivity index (χ2v) is 3.69. The van der Waals surface area contributed by atoms with Crippen LogP contribution in [-0.2, 0) is 0 Å². The number of alkyl halides is 6. The largest absolute Gasteiger partial charge is 0.573 e. The van der Waals surface area contributed by atoms with Crippen molar-refractivity contribution in [3.05, 3.63) is 29.8 Å². The Morgan fingerprint density at radius 2 is 1.74 bits per heavy atom. The van der Waals surface area contributed by atoms with Crippen molar-refractivity contribution in [1.29, 1.82) is 0 Å². The Morgan fingerprint density at radius 3 is 2.32 bits per heavy atom. The SMILES string of the molecule is FC(F)(F)Oc1ccc2c(c1)C=C[C@@H](C(F)(F)F)O2. The van der Waals surface area contributed by atoms with Crippen LogP contribution in [0.5, 0.6) is 11.5 Å². The lowest BCUT2D eigenvalue weighted by Gasteiger charge is -2.23. The Kier molecular flexibility index (Phi) is 3.11. The molecule has 2 nitrogen and oxygen atoms in total. The number of benzene rings is 1. The lowest BCUT2D eigenvalue weighted by atomic mass is 10.1. The first-order chi connectivity index (χ1) is 8.65. The van der Waals surface area contributed by atoms with Crippen LogP contribution in [0.15, 0.2) is 24.3 Å². The van der Waals surface area contributed by atoms with Crippen molar-refractivity contribution in [1.82, 2.24) is 0 Å². The van der Waals surface area contributed by atoms with Gasteiger partial charge in [0.05, 0.1) is 0 Å². The first kappa shape index (κ1) is 13.6. The van der Waals surface area contributed by atoms with E-state index >= 15 is 0 Å². The Balaban J connectivity index is 2.22. The lowest BCUT2D eigenvalue weighted by Crippen LogP contribution is -2.33.